The number of ketones is 1. The number of hydrogen-bond donors (Lipinski definition) is 0. The van der Waals surface area contributed by atoms with Crippen LogP contribution in [0.1, 0.15) is 28.7 Å². The number of benzene rings is 1. The maximum absolute atomic E-state index is 11.9. The van der Waals surface area contributed by atoms with Gasteiger partial charge in [0.05, 0.1) is 34.2 Å². The lowest BCUT2D eigenvalue weighted by molar-refractivity contribution is 0.101. The molecule has 0 aliphatic rings. The zero-order valence-corrected chi connectivity index (χ0v) is 12.9. The zero-order chi connectivity index (χ0) is 14.2. The maximum atomic E-state index is 11.9. The van der Waals surface area contributed by atoms with Crippen LogP contribution in [0.5, 0.6) is 5.75 Å². The highest BCUT2D eigenvalue weighted by Gasteiger charge is 2.18. The van der Waals surface area contributed by atoms with E-state index in [1.807, 2.05) is 26.0 Å². The minimum atomic E-state index is -0.0453. The fraction of sp³-hybridized carbons (Fsp3) is 0.286. The summed E-state index contributed by atoms with van der Waals surface area (Å²) in [6, 6.07) is 5.50. The number of nitrogens with zero attached hydrogens (tertiary/aromatic N) is 2. The van der Waals surface area contributed by atoms with Crippen LogP contribution in [-0.2, 0) is 0 Å². The Hall–Kier alpha value is -1.62. The number of hydrogen-bond acceptors (Lipinski definition) is 3. The maximum Gasteiger partial charge on any atom is 0.165 e. The molecule has 0 atom stereocenters. The Bertz CT molecular complexity index is 647. The van der Waals surface area contributed by atoms with Crippen molar-refractivity contribution in [3.63, 3.8) is 0 Å². The van der Waals surface area contributed by atoms with Gasteiger partial charge in [0.25, 0.3) is 0 Å². The quantitative estimate of drug-likeness (QED) is 0.813. The van der Waals surface area contributed by atoms with Crippen molar-refractivity contribution in [3.05, 3.63) is 39.6 Å². The number of rotatable bonds is 3. The molecule has 1 aromatic heterocycles. The van der Waals surface area contributed by atoms with Crippen molar-refractivity contribution < 1.29 is 9.53 Å². The topological polar surface area (TPSA) is 44.1 Å². The van der Waals surface area contributed by atoms with E-state index in [2.05, 4.69) is 21.0 Å². The Balaban J connectivity index is 2.75. The summed E-state index contributed by atoms with van der Waals surface area (Å²) < 4.78 is 7.98. The summed E-state index contributed by atoms with van der Waals surface area (Å²) in [5, 5.41) is 4.46. The minimum Gasteiger partial charge on any atom is -0.496 e. The van der Waals surface area contributed by atoms with E-state index < -0.39 is 0 Å². The highest BCUT2D eigenvalue weighted by molar-refractivity contribution is 9.10. The third-order valence-corrected chi connectivity index (χ3v) is 4.16. The summed E-state index contributed by atoms with van der Waals surface area (Å²) in [6.07, 6.45) is 0. The van der Waals surface area contributed by atoms with Gasteiger partial charge in [0.1, 0.15) is 5.75 Å². The number of carbonyl (C=O) groups excluding carboxylic acids is 1. The average Bonchev–Trinajstić information content (AvgIpc) is 2.65. The van der Waals surface area contributed by atoms with Gasteiger partial charge in [-0.15, -0.1) is 0 Å². The highest BCUT2D eigenvalue weighted by atomic mass is 79.9. The largest absolute Gasteiger partial charge is 0.496 e. The van der Waals surface area contributed by atoms with Gasteiger partial charge in [0.2, 0.25) is 0 Å². The van der Waals surface area contributed by atoms with Crippen LogP contribution < -0.4 is 4.74 Å². The Labute approximate surface area is 120 Å². The molecule has 1 aromatic carbocycles. The molecule has 0 radical (unpaired) electrons. The molecule has 0 aliphatic heterocycles. The molecule has 0 saturated carbocycles. The fourth-order valence-electron chi connectivity index (χ4n) is 2.08. The molecule has 0 amide bonds. The van der Waals surface area contributed by atoms with Crippen molar-refractivity contribution in [2.45, 2.75) is 20.8 Å². The van der Waals surface area contributed by atoms with Gasteiger partial charge in [-0.1, -0.05) is 6.07 Å². The third-order valence-electron chi connectivity index (χ3n) is 3.01. The van der Waals surface area contributed by atoms with Crippen molar-refractivity contribution in [1.29, 1.82) is 0 Å². The summed E-state index contributed by atoms with van der Waals surface area (Å²) in [7, 11) is 1.56. The number of Topliss-reactive ketones (excluding diaryl/α,β-unsaturated/α-hetero) is 1. The van der Waals surface area contributed by atoms with Crippen molar-refractivity contribution in [2.75, 3.05) is 7.11 Å². The van der Waals surface area contributed by atoms with Crippen LogP contribution in [0.15, 0.2) is 22.7 Å². The summed E-state index contributed by atoms with van der Waals surface area (Å²) in [5.41, 5.74) is 3.12. The zero-order valence-electron chi connectivity index (χ0n) is 11.3. The normalized spacial score (nSPS) is 10.6. The molecule has 0 unspecified atom stereocenters. The summed E-state index contributed by atoms with van der Waals surface area (Å²) in [5.74, 6) is 0.518. The van der Waals surface area contributed by atoms with E-state index in [4.69, 9.17) is 4.74 Å². The van der Waals surface area contributed by atoms with Crippen molar-refractivity contribution >= 4 is 21.7 Å². The SMILES string of the molecule is COc1cccc(-n2nc(C)c(Br)c2C)c1C(C)=O. The molecular formula is C14H15BrN2O2. The average molecular weight is 323 g/mol. The molecule has 0 N–H and O–H groups in total. The smallest absolute Gasteiger partial charge is 0.165 e. The van der Waals surface area contributed by atoms with Gasteiger partial charge < -0.3 is 4.74 Å². The van der Waals surface area contributed by atoms with Crippen LogP contribution in [0.25, 0.3) is 5.69 Å². The summed E-state index contributed by atoms with van der Waals surface area (Å²) >= 11 is 3.49. The number of carbonyl (C=O) groups is 1. The second-order valence-electron chi connectivity index (χ2n) is 4.31. The van der Waals surface area contributed by atoms with E-state index in [0.717, 1.165) is 21.5 Å². The third kappa shape index (κ3) is 2.30. The van der Waals surface area contributed by atoms with Gasteiger partial charge in [-0.2, -0.15) is 5.10 Å². The Kier molecular flexibility index (Phi) is 3.75. The van der Waals surface area contributed by atoms with Crippen LogP contribution in [0.3, 0.4) is 0 Å². The number of methoxy groups -OCH3 is 1. The van der Waals surface area contributed by atoms with Crippen LogP contribution in [-0.4, -0.2) is 22.7 Å². The Morgan fingerprint density at radius 3 is 2.53 bits per heavy atom. The number of halogens is 1. The van der Waals surface area contributed by atoms with E-state index >= 15 is 0 Å². The second kappa shape index (κ2) is 5.17. The lowest BCUT2D eigenvalue weighted by Crippen LogP contribution is -2.08. The number of aryl methyl sites for hydroxylation is 1. The first-order chi connectivity index (χ1) is 8.97. The van der Waals surface area contributed by atoms with E-state index in [0.29, 0.717) is 11.3 Å². The second-order valence-corrected chi connectivity index (χ2v) is 5.10. The van der Waals surface area contributed by atoms with E-state index in [-0.39, 0.29) is 5.78 Å². The number of aromatic nitrogens is 2. The molecule has 100 valence electrons. The molecule has 2 rings (SSSR count). The first-order valence-corrected chi connectivity index (χ1v) is 6.66. The summed E-state index contributed by atoms with van der Waals surface area (Å²) in [4.78, 5) is 11.9. The molecule has 1 heterocycles. The number of ether oxygens (including phenoxy) is 1. The lowest BCUT2D eigenvalue weighted by Gasteiger charge is -2.12. The van der Waals surface area contributed by atoms with Crippen LogP contribution in [0.4, 0.5) is 0 Å². The monoisotopic (exact) mass is 322 g/mol. The van der Waals surface area contributed by atoms with Crippen LogP contribution in [0.2, 0.25) is 0 Å². The van der Waals surface area contributed by atoms with Gasteiger partial charge in [-0.25, -0.2) is 4.68 Å². The van der Waals surface area contributed by atoms with E-state index in [9.17, 15) is 4.79 Å². The Morgan fingerprint density at radius 2 is 2.05 bits per heavy atom. The first kappa shape index (κ1) is 13.8. The van der Waals surface area contributed by atoms with Crippen molar-refractivity contribution in [2.24, 2.45) is 0 Å². The molecule has 4 nitrogen and oxygen atoms in total. The molecule has 0 fully saturated rings. The first-order valence-electron chi connectivity index (χ1n) is 5.87. The van der Waals surface area contributed by atoms with E-state index in [1.165, 1.54) is 6.92 Å². The molecule has 0 saturated heterocycles. The van der Waals surface area contributed by atoms with E-state index in [1.54, 1.807) is 17.9 Å². The van der Waals surface area contributed by atoms with Gasteiger partial charge >= 0.3 is 0 Å². The van der Waals surface area contributed by atoms with Crippen molar-refractivity contribution in [1.82, 2.24) is 9.78 Å². The molecule has 19 heavy (non-hydrogen) atoms. The molecule has 2 aromatic rings. The fourth-order valence-corrected chi connectivity index (χ4v) is 2.33. The highest BCUT2D eigenvalue weighted by Crippen LogP contribution is 2.29. The Morgan fingerprint density at radius 1 is 1.37 bits per heavy atom. The molecule has 0 spiro atoms. The molecule has 5 heteroatoms. The van der Waals surface area contributed by atoms with Gasteiger partial charge in [-0.05, 0) is 48.8 Å². The summed E-state index contributed by atoms with van der Waals surface area (Å²) in [6.45, 7) is 5.40. The molecule has 0 bridgehead atoms. The lowest BCUT2D eigenvalue weighted by atomic mass is 10.1. The predicted molar refractivity (Wildman–Crippen MR) is 77.3 cm³/mol. The van der Waals surface area contributed by atoms with Crippen LogP contribution >= 0.6 is 15.9 Å². The van der Waals surface area contributed by atoms with Gasteiger partial charge in [-0.3, -0.25) is 4.79 Å². The minimum absolute atomic E-state index is 0.0453. The van der Waals surface area contributed by atoms with Crippen molar-refractivity contribution in [3.8, 4) is 11.4 Å². The predicted octanol–water partition coefficient (Wildman–Crippen LogP) is 3.46. The molecule has 0 aliphatic carbocycles. The van der Waals surface area contributed by atoms with Gasteiger partial charge in [0.15, 0.2) is 5.78 Å². The van der Waals surface area contributed by atoms with Crippen LogP contribution in [0, 0.1) is 13.8 Å². The standard InChI is InChI=1S/C14H15BrN2O2/c1-8-14(15)9(2)17(16-8)11-6-5-7-12(19-4)13(11)10(3)18/h5-7H,1-4H3. The van der Waals surface area contributed by atoms with Gasteiger partial charge in [0, 0.05) is 0 Å². The molecular weight excluding hydrogens is 308 g/mol.